The lowest BCUT2D eigenvalue weighted by Gasteiger charge is -2.16. The van der Waals surface area contributed by atoms with Crippen molar-refractivity contribution >= 4 is 17.5 Å². The number of amides is 1. The Kier molecular flexibility index (Phi) is 2.87. The number of aromatic nitrogens is 2. The van der Waals surface area contributed by atoms with E-state index in [0.29, 0.717) is 12.4 Å². The zero-order valence-corrected chi connectivity index (χ0v) is 10.0. The molecule has 2 aliphatic rings. The van der Waals surface area contributed by atoms with Crippen LogP contribution in [0.25, 0.3) is 0 Å². The van der Waals surface area contributed by atoms with Gasteiger partial charge >= 0.3 is 0 Å². The van der Waals surface area contributed by atoms with Crippen LogP contribution in [0.5, 0.6) is 0 Å². The lowest BCUT2D eigenvalue weighted by atomic mass is 10.3. The summed E-state index contributed by atoms with van der Waals surface area (Å²) in [6, 6.07) is 1.76. The number of rotatable bonds is 3. The Labute approximate surface area is 105 Å². The monoisotopic (exact) mass is 248 g/mol. The molecule has 1 aromatic rings. The van der Waals surface area contributed by atoms with Crippen LogP contribution in [0.3, 0.4) is 0 Å². The van der Waals surface area contributed by atoms with E-state index in [9.17, 15) is 9.90 Å². The van der Waals surface area contributed by atoms with Gasteiger partial charge in [-0.25, -0.2) is 9.97 Å². The molecule has 96 valence electrons. The maximum atomic E-state index is 11.6. The molecule has 1 aliphatic carbocycles. The number of hydrogen-bond donors (Lipinski definition) is 2. The maximum Gasteiger partial charge on any atom is 0.228 e. The molecule has 1 saturated carbocycles. The molecular formula is C12H16N4O2. The average molecular weight is 248 g/mol. The predicted molar refractivity (Wildman–Crippen MR) is 66.2 cm³/mol. The summed E-state index contributed by atoms with van der Waals surface area (Å²) in [5.74, 6) is 1.50. The van der Waals surface area contributed by atoms with E-state index in [0.717, 1.165) is 31.6 Å². The second-order valence-electron chi connectivity index (χ2n) is 4.91. The molecule has 6 heteroatoms. The van der Waals surface area contributed by atoms with Crippen LogP contribution >= 0.6 is 0 Å². The van der Waals surface area contributed by atoms with Gasteiger partial charge in [0.25, 0.3) is 0 Å². The highest BCUT2D eigenvalue weighted by atomic mass is 16.3. The molecule has 0 spiro atoms. The second-order valence-corrected chi connectivity index (χ2v) is 4.91. The summed E-state index contributed by atoms with van der Waals surface area (Å²) in [5, 5.41) is 12.3. The maximum absolute atomic E-state index is 11.6. The van der Waals surface area contributed by atoms with Gasteiger partial charge in [0.15, 0.2) is 0 Å². The molecule has 2 fully saturated rings. The highest BCUT2D eigenvalue weighted by Gasteiger charge is 2.30. The summed E-state index contributed by atoms with van der Waals surface area (Å²) in [6.45, 7) is 1.38. The summed E-state index contributed by atoms with van der Waals surface area (Å²) >= 11 is 0. The summed E-state index contributed by atoms with van der Waals surface area (Å²) in [5.41, 5.74) is 0. The Balaban J connectivity index is 1.70. The number of anilines is 2. The normalized spacial score (nSPS) is 23.2. The van der Waals surface area contributed by atoms with Crippen LogP contribution in [0.1, 0.15) is 19.3 Å². The zero-order chi connectivity index (χ0) is 12.5. The average Bonchev–Trinajstić information content (AvgIpc) is 3.12. The first kappa shape index (κ1) is 11.4. The SMILES string of the molecule is O=C(Nc1cc(N2CC[C@@H](O)C2)ncn1)C1CC1. The van der Waals surface area contributed by atoms with Gasteiger partial charge < -0.3 is 15.3 Å². The third-order valence-corrected chi connectivity index (χ3v) is 3.34. The van der Waals surface area contributed by atoms with Crippen molar-refractivity contribution in [3.63, 3.8) is 0 Å². The van der Waals surface area contributed by atoms with Crippen LogP contribution in [0.4, 0.5) is 11.6 Å². The van der Waals surface area contributed by atoms with Crippen molar-refractivity contribution in [1.29, 1.82) is 0 Å². The van der Waals surface area contributed by atoms with Crippen LogP contribution in [0.15, 0.2) is 12.4 Å². The number of nitrogens with one attached hydrogen (secondary N) is 1. The van der Waals surface area contributed by atoms with Gasteiger partial charge in [0.1, 0.15) is 18.0 Å². The lowest BCUT2D eigenvalue weighted by molar-refractivity contribution is -0.117. The van der Waals surface area contributed by atoms with E-state index >= 15 is 0 Å². The van der Waals surface area contributed by atoms with Gasteiger partial charge in [0.2, 0.25) is 5.91 Å². The minimum Gasteiger partial charge on any atom is -0.391 e. The van der Waals surface area contributed by atoms with Crippen LogP contribution < -0.4 is 10.2 Å². The van der Waals surface area contributed by atoms with E-state index in [1.54, 1.807) is 6.07 Å². The summed E-state index contributed by atoms with van der Waals surface area (Å²) < 4.78 is 0. The molecule has 2 heterocycles. The molecule has 1 aliphatic heterocycles. The largest absolute Gasteiger partial charge is 0.391 e. The number of carbonyl (C=O) groups is 1. The number of nitrogens with zero attached hydrogens (tertiary/aromatic N) is 3. The van der Waals surface area contributed by atoms with E-state index in [1.807, 2.05) is 4.90 Å². The van der Waals surface area contributed by atoms with E-state index in [-0.39, 0.29) is 17.9 Å². The summed E-state index contributed by atoms with van der Waals surface area (Å²) in [6.07, 6.45) is 3.87. The Bertz CT molecular complexity index is 461. The molecule has 0 radical (unpaired) electrons. The van der Waals surface area contributed by atoms with Crippen molar-refractivity contribution in [2.24, 2.45) is 5.92 Å². The van der Waals surface area contributed by atoms with Crippen LogP contribution in [-0.4, -0.2) is 40.2 Å². The Morgan fingerprint density at radius 2 is 2.22 bits per heavy atom. The van der Waals surface area contributed by atoms with Crippen molar-refractivity contribution in [2.75, 3.05) is 23.3 Å². The molecule has 1 atom stereocenters. The first-order chi connectivity index (χ1) is 8.72. The molecule has 0 unspecified atom stereocenters. The standard InChI is InChI=1S/C12H16N4O2/c17-9-3-4-16(6-9)11-5-10(13-7-14-11)15-12(18)8-1-2-8/h5,7-9,17H,1-4,6H2,(H,13,14,15,18)/t9-/m1/s1. The minimum absolute atomic E-state index is 0.0427. The molecule has 0 aromatic carbocycles. The topological polar surface area (TPSA) is 78.4 Å². The van der Waals surface area contributed by atoms with Gasteiger partial charge in [-0.05, 0) is 19.3 Å². The molecule has 6 nitrogen and oxygen atoms in total. The van der Waals surface area contributed by atoms with E-state index in [1.165, 1.54) is 6.33 Å². The highest BCUT2D eigenvalue weighted by molar-refractivity contribution is 5.93. The van der Waals surface area contributed by atoms with Crippen molar-refractivity contribution < 1.29 is 9.90 Å². The quantitative estimate of drug-likeness (QED) is 0.809. The molecule has 2 N–H and O–H groups in total. The van der Waals surface area contributed by atoms with E-state index < -0.39 is 0 Å². The van der Waals surface area contributed by atoms with Crippen molar-refractivity contribution in [3.05, 3.63) is 12.4 Å². The van der Waals surface area contributed by atoms with Gasteiger partial charge in [-0.1, -0.05) is 0 Å². The second kappa shape index (κ2) is 4.53. The Hall–Kier alpha value is -1.69. The van der Waals surface area contributed by atoms with Crippen molar-refractivity contribution in [2.45, 2.75) is 25.4 Å². The van der Waals surface area contributed by atoms with Crippen LogP contribution in [0, 0.1) is 5.92 Å². The fourth-order valence-electron chi connectivity index (χ4n) is 2.11. The number of carbonyl (C=O) groups excluding carboxylic acids is 1. The number of aliphatic hydroxyl groups is 1. The first-order valence-electron chi connectivity index (χ1n) is 6.28. The number of hydrogen-bond acceptors (Lipinski definition) is 5. The van der Waals surface area contributed by atoms with Gasteiger partial charge in [-0.15, -0.1) is 0 Å². The molecule has 3 rings (SSSR count). The van der Waals surface area contributed by atoms with E-state index in [4.69, 9.17) is 0 Å². The molecule has 0 bridgehead atoms. The van der Waals surface area contributed by atoms with Gasteiger partial charge in [-0.3, -0.25) is 4.79 Å². The van der Waals surface area contributed by atoms with Crippen LogP contribution in [0.2, 0.25) is 0 Å². The van der Waals surface area contributed by atoms with Crippen molar-refractivity contribution in [3.8, 4) is 0 Å². The summed E-state index contributed by atoms with van der Waals surface area (Å²) in [7, 11) is 0. The summed E-state index contributed by atoms with van der Waals surface area (Å²) in [4.78, 5) is 21.9. The third kappa shape index (κ3) is 2.43. The fraction of sp³-hybridized carbons (Fsp3) is 0.583. The first-order valence-corrected chi connectivity index (χ1v) is 6.28. The molecule has 1 amide bonds. The Morgan fingerprint density at radius 1 is 1.39 bits per heavy atom. The highest BCUT2D eigenvalue weighted by Crippen LogP contribution is 2.30. The predicted octanol–water partition coefficient (Wildman–Crippen LogP) is 0.396. The molecule has 18 heavy (non-hydrogen) atoms. The molecular weight excluding hydrogens is 232 g/mol. The molecule has 1 saturated heterocycles. The number of β-amino-alcohol motifs (C(OH)–C–C–N with tert-alkyl or cyclic N) is 1. The zero-order valence-electron chi connectivity index (χ0n) is 10.0. The van der Waals surface area contributed by atoms with Gasteiger partial charge in [-0.2, -0.15) is 0 Å². The van der Waals surface area contributed by atoms with Crippen molar-refractivity contribution in [1.82, 2.24) is 9.97 Å². The molecule has 1 aromatic heterocycles. The smallest absolute Gasteiger partial charge is 0.228 e. The fourth-order valence-corrected chi connectivity index (χ4v) is 2.11. The lowest BCUT2D eigenvalue weighted by Crippen LogP contribution is -2.23. The number of aliphatic hydroxyl groups excluding tert-OH is 1. The minimum atomic E-state index is -0.288. The van der Waals surface area contributed by atoms with E-state index in [2.05, 4.69) is 15.3 Å². The van der Waals surface area contributed by atoms with Crippen LogP contribution in [-0.2, 0) is 4.79 Å². The van der Waals surface area contributed by atoms with Gasteiger partial charge in [0, 0.05) is 25.1 Å². The Morgan fingerprint density at radius 3 is 2.89 bits per heavy atom. The third-order valence-electron chi connectivity index (χ3n) is 3.34. The van der Waals surface area contributed by atoms with Gasteiger partial charge in [0.05, 0.1) is 6.10 Å².